The number of nitrogens with zero attached hydrogens (tertiary/aromatic N) is 2. The number of para-hydroxylation sites is 1. The number of halogens is 1. The summed E-state index contributed by atoms with van der Waals surface area (Å²) in [6.45, 7) is 1.04. The highest BCUT2D eigenvalue weighted by atomic mass is 19.1. The lowest BCUT2D eigenvalue weighted by Crippen LogP contribution is -2.34. The summed E-state index contributed by atoms with van der Waals surface area (Å²) in [4.78, 5) is 17.5. The van der Waals surface area contributed by atoms with E-state index in [0.29, 0.717) is 25.3 Å². The third-order valence-corrected chi connectivity index (χ3v) is 3.58. The second kappa shape index (κ2) is 7.09. The molecule has 1 aromatic heterocycles. The molecule has 0 bridgehead atoms. The number of rotatable bonds is 5. The number of amides is 1. The van der Waals surface area contributed by atoms with Crippen LogP contribution in [0, 0.1) is 5.95 Å². The van der Waals surface area contributed by atoms with Crippen LogP contribution in [0.15, 0.2) is 48.5 Å². The molecular weight excluding hydrogens is 299 g/mol. The van der Waals surface area contributed by atoms with Crippen molar-refractivity contribution in [1.29, 1.82) is 0 Å². The Balaban J connectivity index is 1.48. The van der Waals surface area contributed by atoms with Crippen molar-refractivity contribution in [1.82, 2.24) is 9.88 Å². The lowest BCUT2D eigenvalue weighted by molar-refractivity contribution is -0.132. The summed E-state index contributed by atoms with van der Waals surface area (Å²) in [5.74, 6) is 0.235. The molecule has 1 fully saturated rings. The number of hydrogen-bond acceptors (Lipinski definition) is 4. The first kappa shape index (κ1) is 15.3. The molecule has 0 N–H and O–H groups in total. The Morgan fingerprint density at radius 2 is 2.04 bits per heavy atom. The highest BCUT2D eigenvalue weighted by Gasteiger charge is 2.28. The molecule has 6 heteroatoms. The molecule has 0 radical (unpaired) electrons. The van der Waals surface area contributed by atoms with Crippen molar-refractivity contribution in [2.24, 2.45) is 0 Å². The van der Waals surface area contributed by atoms with Crippen LogP contribution in [0.1, 0.15) is 6.42 Å². The zero-order chi connectivity index (χ0) is 16.1. The van der Waals surface area contributed by atoms with Crippen LogP contribution in [0.5, 0.6) is 11.6 Å². The van der Waals surface area contributed by atoms with Gasteiger partial charge in [-0.05, 0) is 18.2 Å². The number of aromatic nitrogens is 1. The Morgan fingerprint density at radius 3 is 2.83 bits per heavy atom. The van der Waals surface area contributed by atoms with E-state index in [1.165, 1.54) is 6.07 Å². The van der Waals surface area contributed by atoms with Crippen LogP contribution in [0.2, 0.25) is 0 Å². The SMILES string of the molecule is O=C(COc1ccccc1)N1CCC(Oc2cccc(F)n2)C1. The van der Waals surface area contributed by atoms with Gasteiger partial charge in [-0.1, -0.05) is 24.3 Å². The fourth-order valence-electron chi connectivity index (χ4n) is 2.43. The molecule has 2 heterocycles. The number of carbonyl (C=O) groups is 1. The number of likely N-dealkylation sites (tertiary alicyclic amines) is 1. The van der Waals surface area contributed by atoms with Crippen molar-refractivity contribution in [2.45, 2.75) is 12.5 Å². The van der Waals surface area contributed by atoms with Gasteiger partial charge in [0, 0.05) is 19.0 Å². The van der Waals surface area contributed by atoms with E-state index in [1.54, 1.807) is 29.2 Å². The minimum atomic E-state index is -0.579. The van der Waals surface area contributed by atoms with Crippen LogP contribution in [-0.4, -0.2) is 41.6 Å². The molecule has 1 saturated heterocycles. The first-order valence-electron chi connectivity index (χ1n) is 7.45. The van der Waals surface area contributed by atoms with Gasteiger partial charge in [-0.15, -0.1) is 0 Å². The van der Waals surface area contributed by atoms with Crippen LogP contribution in [0.25, 0.3) is 0 Å². The average molecular weight is 316 g/mol. The molecule has 23 heavy (non-hydrogen) atoms. The van der Waals surface area contributed by atoms with Gasteiger partial charge >= 0.3 is 0 Å². The molecule has 2 aromatic rings. The summed E-state index contributed by atoms with van der Waals surface area (Å²) < 4.78 is 24.1. The number of pyridine rings is 1. The van der Waals surface area contributed by atoms with Crippen molar-refractivity contribution in [3.8, 4) is 11.6 Å². The third kappa shape index (κ3) is 4.18. The topological polar surface area (TPSA) is 51.7 Å². The maximum Gasteiger partial charge on any atom is 0.260 e. The van der Waals surface area contributed by atoms with Crippen molar-refractivity contribution in [3.05, 3.63) is 54.5 Å². The maximum atomic E-state index is 13.0. The predicted octanol–water partition coefficient (Wildman–Crippen LogP) is 2.28. The average Bonchev–Trinajstić information content (AvgIpc) is 3.02. The Bertz CT molecular complexity index is 666. The van der Waals surface area contributed by atoms with E-state index < -0.39 is 5.95 Å². The Labute approximate surface area is 133 Å². The highest BCUT2D eigenvalue weighted by Crippen LogP contribution is 2.17. The summed E-state index contributed by atoms with van der Waals surface area (Å²) in [5, 5.41) is 0. The number of benzene rings is 1. The van der Waals surface area contributed by atoms with E-state index >= 15 is 0 Å². The smallest absolute Gasteiger partial charge is 0.260 e. The summed E-state index contributed by atoms with van der Waals surface area (Å²) in [5.41, 5.74) is 0. The van der Waals surface area contributed by atoms with Gasteiger partial charge < -0.3 is 14.4 Å². The number of hydrogen-bond donors (Lipinski definition) is 0. The molecule has 1 aliphatic rings. The lowest BCUT2D eigenvalue weighted by Gasteiger charge is -2.17. The summed E-state index contributed by atoms with van der Waals surface area (Å²) in [7, 11) is 0. The standard InChI is InChI=1S/C17H17FN2O3/c18-15-7-4-8-16(19-15)23-14-9-10-20(11-14)17(21)12-22-13-5-2-1-3-6-13/h1-8,14H,9-12H2. The molecular formula is C17H17FN2O3. The van der Waals surface area contributed by atoms with Gasteiger partial charge in [0.1, 0.15) is 11.9 Å². The fraction of sp³-hybridized carbons (Fsp3) is 0.294. The quantitative estimate of drug-likeness (QED) is 0.794. The van der Waals surface area contributed by atoms with Crippen LogP contribution >= 0.6 is 0 Å². The first-order valence-corrected chi connectivity index (χ1v) is 7.45. The molecule has 1 amide bonds. The Kier molecular flexibility index (Phi) is 4.71. The Hall–Kier alpha value is -2.63. The van der Waals surface area contributed by atoms with Gasteiger partial charge in [-0.3, -0.25) is 4.79 Å². The molecule has 0 saturated carbocycles. The van der Waals surface area contributed by atoms with E-state index in [-0.39, 0.29) is 24.5 Å². The normalized spacial score (nSPS) is 17.1. The van der Waals surface area contributed by atoms with Crippen molar-refractivity contribution < 1.29 is 18.7 Å². The molecule has 0 aliphatic carbocycles. The van der Waals surface area contributed by atoms with E-state index in [1.807, 2.05) is 18.2 Å². The van der Waals surface area contributed by atoms with Crippen molar-refractivity contribution >= 4 is 5.91 Å². The first-order chi connectivity index (χ1) is 11.2. The van der Waals surface area contributed by atoms with Crippen LogP contribution in [0.4, 0.5) is 4.39 Å². The monoisotopic (exact) mass is 316 g/mol. The van der Waals surface area contributed by atoms with Gasteiger partial charge in [0.15, 0.2) is 6.61 Å². The van der Waals surface area contributed by atoms with Crippen LogP contribution in [-0.2, 0) is 4.79 Å². The third-order valence-electron chi connectivity index (χ3n) is 3.58. The van der Waals surface area contributed by atoms with Gasteiger partial charge in [0.2, 0.25) is 11.8 Å². The van der Waals surface area contributed by atoms with E-state index in [0.717, 1.165) is 0 Å². The van der Waals surface area contributed by atoms with Gasteiger partial charge in [0.25, 0.3) is 5.91 Å². The summed E-state index contributed by atoms with van der Waals surface area (Å²) in [6, 6.07) is 13.6. The summed E-state index contributed by atoms with van der Waals surface area (Å²) >= 11 is 0. The molecule has 3 rings (SSSR count). The fourth-order valence-corrected chi connectivity index (χ4v) is 2.43. The molecule has 1 atom stereocenters. The zero-order valence-corrected chi connectivity index (χ0v) is 12.5. The molecule has 1 aromatic carbocycles. The van der Waals surface area contributed by atoms with Crippen LogP contribution < -0.4 is 9.47 Å². The van der Waals surface area contributed by atoms with E-state index in [4.69, 9.17) is 9.47 Å². The maximum absolute atomic E-state index is 13.0. The number of carbonyl (C=O) groups excluding carboxylic acids is 1. The molecule has 5 nitrogen and oxygen atoms in total. The molecule has 120 valence electrons. The molecule has 1 aliphatic heterocycles. The minimum absolute atomic E-state index is 0.00501. The Morgan fingerprint density at radius 1 is 1.22 bits per heavy atom. The summed E-state index contributed by atoms with van der Waals surface area (Å²) in [6.07, 6.45) is 0.514. The van der Waals surface area contributed by atoms with Crippen molar-refractivity contribution in [3.63, 3.8) is 0 Å². The molecule has 0 spiro atoms. The van der Waals surface area contributed by atoms with Crippen molar-refractivity contribution in [2.75, 3.05) is 19.7 Å². The minimum Gasteiger partial charge on any atom is -0.484 e. The van der Waals surface area contributed by atoms with Gasteiger partial charge in [-0.2, -0.15) is 9.37 Å². The zero-order valence-electron chi connectivity index (χ0n) is 12.5. The largest absolute Gasteiger partial charge is 0.484 e. The van der Waals surface area contributed by atoms with Gasteiger partial charge in [-0.25, -0.2) is 0 Å². The van der Waals surface area contributed by atoms with Gasteiger partial charge in [0.05, 0.1) is 6.54 Å². The second-order valence-corrected chi connectivity index (χ2v) is 5.27. The highest BCUT2D eigenvalue weighted by molar-refractivity contribution is 5.78. The van der Waals surface area contributed by atoms with E-state index in [9.17, 15) is 9.18 Å². The number of ether oxygens (including phenoxy) is 2. The van der Waals surface area contributed by atoms with E-state index in [2.05, 4.69) is 4.98 Å². The van der Waals surface area contributed by atoms with Crippen LogP contribution in [0.3, 0.4) is 0 Å². The second-order valence-electron chi connectivity index (χ2n) is 5.27. The molecule has 1 unspecified atom stereocenters. The predicted molar refractivity (Wildman–Crippen MR) is 81.7 cm³/mol. The lowest BCUT2D eigenvalue weighted by atomic mass is 10.3.